The van der Waals surface area contributed by atoms with Crippen molar-refractivity contribution in [1.82, 2.24) is 10.0 Å². The number of methoxy groups -OCH3 is 1. The molecule has 0 saturated heterocycles. The summed E-state index contributed by atoms with van der Waals surface area (Å²) in [6.45, 7) is 5.78. The summed E-state index contributed by atoms with van der Waals surface area (Å²) >= 11 is 0. The van der Waals surface area contributed by atoms with Crippen molar-refractivity contribution in [1.29, 1.82) is 0 Å². The first-order chi connectivity index (χ1) is 13.2. The van der Waals surface area contributed by atoms with E-state index in [4.69, 9.17) is 4.74 Å². The Labute approximate surface area is 167 Å². The molecule has 152 valence electrons. The van der Waals surface area contributed by atoms with E-state index in [0.717, 1.165) is 12.0 Å². The van der Waals surface area contributed by atoms with E-state index in [1.165, 1.54) is 0 Å². The van der Waals surface area contributed by atoms with E-state index in [0.29, 0.717) is 11.3 Å². The molecular formula is C21H28N2O4S. The number of ether oxygens (including phenoxy) is 1. The van der Waals surface area contributed by atoms with E-state index in [1.54, 1.807) is 55.6 Å². The second-order valence-electron chi connectivity index (χ2n) is 6.84. The van der Waals surface area contributed by atoms with Crippen LogP contribution in [0.15, 0.2) is 53.4 Å². The molecule has 0 unspecified atom stereocenters. The number of sulfonamides is 1. The number of rotatable bonds is 9. The van der Waals surface area contributed by atoms with Crippen LogP contribution in [0.5, 0.6) is 5.75 Å². The van der Waals surface area contributed by atoms with E-state index in [1.807, 2.05) is 20.8 Å². The Morgan fingerprint density at radius 3 is 2.21 bits per heavy atom. The standard InChI is InChI=1S/C21H28N2O4S/c1-5-16(3)22-21(24)14-20(17-8-10-18(27-4)11-9-17)23-28(25,26)19-12-6-15(2)7-13-19/h6-13,16,20,23H,5,14H2,1-4H3,(H,22,24)/t16-,20-/m1/s1. The molecule has 2 atom stereocenters. The van der Waals surface area contributed by atoms with Crippen LogP contribution >= 0.6 is 0 Å². The fraction of sp³-hybridized carbons (Fsp3) is 0.381. The van der Waals surface area contributed by atoms with E-state index in [9.17, 15) is 13.2 Å². The molecule has 0 bridgehead atoms. The maximum Gasteiger partial charge on any atom is 0.241 e. The molecule has 0 spiro atoms. The smallest absolute Gasteiger partial charge is 0.241 e. The second kappa shape index (κ2) is 9.71. The molecule has 2 aromatic carbocycles. The van der Waals surface area contributed by atoms with Crippen LogP contribution in [0.1, 0.15) is 43.9 Å². The van der Waals surface area contributed by atoms with Crippen LogP contribution in [-0.4, -0.2) is 27.5 Å². The molecule has 1 amide bonds. The molecule has 7 heteroatoms. The number of aryl methyl sites for hydroxylation is 1. The molecular weight excluding hydrogens is 376 g/mol. The zero-order chi connectivity index (χ0) is 20.7. The van der Waals surface area contributed by atoms with Gasteiger partial charge in [-0.2, -0.15) is 0 Å². The molecule has 2 rings (SSSR count). The van der Waals surface area contributed by atoms with Crippen LogP contribution < -0.4 is 14.8 Å². The number of carbonyl (C=O) groups is 1. The highest BCUT2D eigenvalue weighted by Crippen LogP contribution is 2.23. The van der Waals surface area contributed by atoms with Crippen LogP contribution in [-0.2, 0) is 14.8 Å². The third-order valence-electron chi connectivity index (χ3n) is 4.56. The lowest BCUT2D eigenvalue weighted by Crippen LogP contribution is -2.37. The van der Waals surface area contributed by atoms with Crippen LogP contribution in [0.4, 0.5) is 0 Å². The molecule has 0 aliphatic rings. The Balaban J connectivity index is 2.28. The molecule has 2 N–H and O–H groups in total. The minimum Gasteiger partial charge on any atom is -0.497 e. The summed E-state index contributed by atoms with van der Waals surface area (Å²) in [6, 6.07) is 12.9. The van der Waals surface area contributed by atoms with Gasteiger partial charge in [0.05, 0.1) is 18.0 Å². The quantitative estimate of drug-likeness (QED) is 0.671. The summed E-state index contributed by atoms with van der Waals surface area (Å²) in [5.41, 5.74) is 1.66. The van der Waals surface area contributed by atoms with Crippen molar-refractivity contribution in [2.45, 2.75) is 50.6 Å². The average Bonchev–Trinajstić information content (AvgIpc) is 2.67. The van der Waals surface area contributed by atoms with Crippen LogP contribution in [0.2, 0.25) is 0 Å². The normalized spacial score (nSPS) is 13.6. The summed E-state index contributed by atoms with van der Waals surface area (Å²) in [4.78, 5) is 12.6. The molecule has 0 aliphatic heterocycles. The molecule has 2 aromatic rings. The summed E-state index contributed by atoms with van der Waals surface area (Å²) in [6.07, 6.45) is 0.801. The molecule has 0 aromatic heterocycles. The Bertz CT molecular complexity index is 878. The SMILES string of the molecule is CC[C@@H](C)NC(=O)C[C@@H](NS(=O)(=O)c1ccc(C)cc1)c1ccc(OC)cc1. The number of hydrogen-bond donors (Lipinski definition) is 2. The third-order valence-corrected chi connectivity index (χ3v) is 6.04. The van der Waals surface area contributed by atoms with Crippen LogP contribution in [0.25, 0.3) is 0 Å². The molecule has 0 saturated carbocycles. The predicted octanol–water partition coefficient (Wildman–Crippen LogP) is 3.33. The molecule has 6 nitrogen and oxygen atoms in total. The summed E-state index contributed by atoms with van der Waals surface area (Å²) in [5, 5.41) is 2.89. The zero-order valence-electron chi connectivity index (χ0n) is 16.7. The summed E-state index contributed by atoms with van der Waals surface area (Å²) < 4.78 is 33.5. The van der Waals surface area contributed by atoms with Crippen molar-refractivity contribution < 1.29 is 17.9 Å². The Morgan fingerprint density at radius 1 is 1.07 bits per heavy atom. The highest BCUT2D eigenvalue weighted by molar-refractivity contribution is 7.89. The van der Waals surface area contributed by atoms with Crippen molar-refractivity contribution in [2.75, 3.05) is 7.11 Å². The van der Waals surface area contributed by atoms with E-state index < -0.39 is 16.1 Å². The van der Waals surface area contributed by atoms with Gasteiger partial charge in [0.1, 0.15) is 5.75 Å². The van der Waals surface area contributed by atoms with Gasteiger partial charge in [-0.1, -0.05) is 36.8 Å². The third kappa shape index (κ3) is 6.07. The summed E-state index contributed by atoms with van der Waals surface area (Å²) in [7, 11) is -2.22. The number of amides is 1. The average molecular weight is 405 g/mol. The van der Waals surface area contributed by atoms with Gasteiger partial charge in [-0.05, 0) is 50.1 Å². The first kappa shape index (κ1) is 21.9. The Kier molecular flexibility index (Phi) is 7.60. The van der Waals surface area contributed by atoms with Gasteiger partial charge in [-0.25, -0.2) is 13.1 Å². The van der Waals surface area contributed by atoms with Gasteiger partial charge >= 0.3 is 0 Å². The summed E-state index contributed by atoms with van der Waals surface area (Å²) in [5.74, 6) is 0.453. The topological polar surface area (TPSA) is 84.5 Å². The molecule has 0 radical (unpaired) electrons. The van der Waals surface area contributed by atoms with Crippen molar-refractivity contribution in [3.05, 3.63) is 59.7 Å². The van der Waals surface area contributed by atoms with E-state index in [2.05, 4.69) is 10.0 Å². The van der Waals surface area contributed by atoms with Crippen molar-refractivity contribution in [3.8, 4) is 5.75 Å². The van der Waals surface area contributed by atoms with Crippen LogP contribution in [0, 0.1) is 6.92 Å². The Hall–Kier alpha value is -2.38. The van der Waals surface area contributed by atoms with Gasteiger partial charge < -0.3 is 10.1 Å². The number of carbonyl (C=O) groups excluding carboxylic acids is 1. The minimum absolute atomic E-state index is 0.00175. The van der Waals surface area contributed by atoms with Gasteiger partial charge in [-0.15, -0.1) is 0 Å². The second-order valence-corrected chi connectivity index (χ2v) is 8.56. The van der Waals surface area contributed by atoms with Crippen molar-refractivity contribution >= 4 is 15.9 Å². The zero-order valence-corrected chi connectivity index (χ0v) is 17.5. The molecule has 0 heterocycles. The maximum atomic E-state index is 12.8. The van der Waals surface area contributed by atoms with E-state index >= 15 is 0 Å². The predicted molar refractivity (Wildman–Crippen MR) is 110 cm³/mol. The Morgan fingerprint density at radius 2 is 1.68 bits per heavy atom. The highest BCUT2D eigenvalue weighted by atomic mass is 32.2. The molecule has 28 heavy (non-hydrogen) atoms. The van der Waals surface area contributed by atoms with E-state index in [-0.39, 0.29) is 23.3 Å². The van der Waals surface area contributed by atoms with Crippen LogP contribution in [0.3, 0.4) is 0 Å². The number of benzene rings is 2. The fourth-order valence-electron chi connectivity index (χ4n) is 2.66. The monoisotopic (exact) mass is 404 g/mol. The first-order valence-electron chi connectivity index (χ1n) is 9.27. The lowest BCUT2D eigenvalue weighted by atomic mass is 10.0. The van der Waals surface area contributed by atoms with Gasteiger partial charge in [-0.3, -0.25) is 4.79 Å². The largest absolute Gasteiger partial charge is 0.497 e. The minimum atomic E-state index is -3.78. The fourth-order valence-corrected chi connectivity index (χ4v) is 3.88. The van der Waals surface area contributed by atoms with Gasteiger partial charge in [0.25, 0.3) is 0 Å². The van der Waals surface area contributed by atoms with Gasteiger partial charge in [0.15, 0.2) is 0 Å². The van der Waals surface area contributed by atoms with Crippen molar-refractivity contribution in [2.24, 2.45) is 0 Å². The number of nitrogens with one attached hydrogen (secondary N) is 2. The van der Waals surface area contributed by atoms with Gasteiger partial charge in [0, 0.05) is 12.5 Å². The molecule has 0 fully saturated rings. The molecule has 0 aliphatic carbocycles. The maximum absolute atomic E-state index is 12.8. The van der Waals surface area contributed by atoms with Crippen molar-refractivity contribution in [3.63, 3.8) is 0 Å². The lowest BCUT2D eigenvalue weighted by molar-refractivity contribution is -0.122. The first-order valence-corrected chi connectivity index (χ1v) is 10.8. The number of hydrogen-bond acceptors (Lipinski definition) is 4. The highest BCUT2D eigenvalue weighted by Gasteiger charge is 2.24. The van der Waals surface area contributed by atoms with Gasteiger partial charge in [0.2, 0.25) is 15.9 Å². The lowest BCUT2D eigenvalue weighted by Gasteiger charge is -2.21.